The number of rotatable bonds is 6. The van der Waals surface area contributed by atoms with Crippen LogP contribution in [0.15, 0.2) is 24.3 Å². The van der Waals surface area contributed by atoms with Crippen molar-refractivity contribution in [2.75, 3.05) is 19.7 Å². The maximum Gasteiger partial charge on any atom is 0.334 e. The number of carbonyl (C=O) groups is 3. The van der Waals surface area contributed by atoms with Crippen molar-refractivity contribution in [3.8, 4) is 0 Å². The number of benzene rings is 1. The fourth-order valence-electron chi connectivity index (χ4n) is 2.70. The van der Waals surface area contributed by atoms with Crippen LogP contribution in [-0.4, -0.2) is 59.6 Å². The lowest BCUT2D eigenvalue weighted by molar-refractivity contribution is -0.160. The van der Waals surface area contributed by atoms with Gasteiger partial charge in [-0.05, 0) is 30.2 Å². The van der Waals surface area contributed by atoms with Gasteiger partial charge in [0.15, 0.2) is 6.10 Å². The number of carboxylic acid groups (broad SMARTS) is 1. The standard InChI is InChI=1S/C18H23ClN2O5/c1-3-11(2)15(20-16(22)12-4-6-13(19)7-5-12)17(23)21-8-9-26-14(10-21)18(24)25/h4-7,11,14-15H,3,8-10H2,1-2H3,(H,20,22)(H,24,25). The second kappa shape index (κ2) is 9.00. The zero-order valence-electron chi connectivity index (χ0n) is 14.8. The van der Waals surface area contributed by atoms with E-state index in [1.54, 1.807) is 24.3 Å². The van der Waals surface area contributed by atoms with E-state index in [0.717, 1.165) is 0 Å². The van der Waals surface area contributed by atoms with Gasteiger partial charge in [0.2, 0.25) is 5.91 Å². The van der Waals surface area contributed by atoms with E-state index >= 15 is 0 Å². The Bertz CT molecular complexity index is 664. The van der Waals surface area contributed by atoms with Gasteiger partial charge in [-0.2, -0.15) is 0 Å². The number of amides is 2. The molecule has 1 aliphatic rings. The summed E-state index contributed by atoms with van der Waals surface area (Å²) in [6.07, 6.45) is -0.360. The summed E-state index contributed by atoms with van der Waals surface area (Å²) >= 11 is 5.83. The molecule has 3 atom stereocenters. The van der Waals surface area contributed by atoms with Crippen LogP contribution < -0.4 is 5.32 Å². The Labute approximate surface area is 157 Å². The second-order valence-corrected chi connectivity index (χ2v) is 6.76. The first-order valence-electron chi connectivity index (χ1n) is 8.53. The van der Waals surface area contributed by atoms with E-state index in [4.69, 9.17) is 21.4 Å². The van der Waals surface area contributed by atoms with E-state index in [2.05, 4.69) is 5.32 Å². The molecule has 2 amide bonds. The highest BCUT2D eigenvalue weighted by atomic mass is 35.5. The molecule has 8 heteroatoms. The highest BCUT2D eigenvalue weighted by molar-refractivity contribution is 6.30. The molecule has 142 valence electrons. The molecule has 0 saturated carbocycles. The number of halogens is 1. The van der Waals surface area contributed by atoms with E-state index in [9.17, 15) is 14.4 Å². The average Bonchev–Trinajstić information content (AvgIpc) is 2.65. The van der Waals surface area contributed by atoms with Gasteiger partial charge in [-0.15, -0.1) is 0 Å². The van der Waals surface area contributed by atoms with Crippen LogP contribution in [0.2, 0.25) is 5.02 Å². The number of hydrogen-bond donors (Lipinski definition) is 2. The van der Waals surface area contributed by atoms with E-state index in [1.165, 1.54) is 4.90 Å². The largest absolute Gasteiger partial charge is 0.479 e. The monoisotopic (exact) mass is 382 g/mol. The number of hydrogen-bond acceptors (Lipinski definition) is 4. The number of carbonyl (C=O) groups excluding carboxylic acids is 2. The maximum absolute atomic E-state index is 12.9. The van der Waals surface area contributed by atoms with Gasteiger partial charge in [-0.25, -0.2) is 4.79 Å². The second-order valence-electron chi connectivity index (χ2n) is 6.33. The first-order chi connectivity index (χ1) is 12.3. The number of aliphatic carboxylic acids is 1. The number of morpholine rings is 1. The highest BCUT2D eigenvalue weighted by Gasteiger charge is 2.35. The van der Waals surface area contributed by atoms with Gasteiger partial charge >= 0.3 is 5.97 Å². The lowest BCUT2D eigenvalue weighted by Gasteiger charge is -2.35. The summed E-state index contributed by atoms with van der Waals surface area (Å²) in [6, 6.07) is 5.65. The Balaban J connectivity index is 2.13. The van der Waals surface area contributed by atoms with Gasteiger partial charge in [-0.1, -0.05) is 31.9 Å². The van der Waals surface area contributed by atoms with Crippen LogP contribution in [0.25, 0.3) is 0 Å². The van der Waals surface area contributed by atoms with Crippen molar-refractivity contribution in [3.05, 3.63) is 34.9 Å². The summed E-state index contributed by atoms with van der Waals surface area (Å²) in [5.41, 5.74) is 0.404. The van der Waals surface area contributed by atoms with E-state index < -0.39 is 18.1 Å². The van der Waals surface area contributed by atoms with Crippen LogP contribution in [-0.2, 0) is 14.3 Å². The Kier molecular flexibility index (Phi) is 6.99. The molecule has 26 heavy (non-hydrogen) atoms. The predicted molar refractivity (Wildman–Crippen MR) is 96.1 cm³/mol. The molecule has 1 saturated heterocycles. The number of nitrogens with one attached hydrogen (secondary N) is 1. The predicted octanol–water partition coefficient (Wildman–Crippen LogP) is 1.80. The first kappa shape index (κ1) is 20.2. The minimum absolute atomic E-state index is 0.0298. The molecule has 0 aliphatic carbocycles. The zero-order valence-corrected chi connectivity index (χ0v) is 15.5. The van der Waals surface area contributed by atoms with Crippen LogP contribution in [0.4, 0.5) is 0 Å². The quantitative estimate of drug-likeness (QED) is 0.782. The lowest BCUT2D eigenvalue weighted by Crippen LogP contribution is -2.56. The van der Waals surface area contributed by atoms with Gasteiger partial charge in [0.25, 0.3) is 5.91 Å². The Morgan fingerprint density at radius 2 is 2.00 bits per heavy atom. The van der Waals surface area contributed by atoms with Gasteiger partial charge in [-0.3, -0.25) is 9.59 Å². The average molecular weight is 383 g/mol. The SMILES string of the molecule is CCC(C)C(NC(=O)c1ccc(Cl)cc1)C(=O)N1CCOC(C(=O)O)C1. The number of nitrogens with zero attached hydrogens (tertiary/aromatic N) is 1. The smallest absolute Gasteiger partial charge is 0.334 e. The third-order valence-corrected chi connectivity index (χ3v) is 4.78. The Hall–Kier alpha value is -2.12. The van der Waals surface area contributed by atoms with Crippen LogP contribution in [0.3, 0.4) is 0 Å². The minimum atomic E-state index is -1.10. The van der Waals surface area contributed by atoms with E-state index in [1.807, 2.05) is 13.8 Å². The van der Waals surface area contributed by atoms with Gasteiger partial charge in [0.1, 0.15) is 6.04 Å². The fourth-order valence-corrected chi connectivity index (χ4v) is 2.83. The molecule has 1 heterocycles. The van der Waals surface area contributed by atoms with Gasteiger partial charge in [0.05, 0.1) is 13.2 Å². The van der Waals surface area contributed by atoms with Crippen molar-refractivity contribution in [1.82, 2.24) is 10.2 Å². The molecule has 1 aliphatic heterocycles. The highest BCUT2D eigenvalue weighted by Crippen LogP contribution is 2.16. The summed E-state index contributed by atoms with van der Waals surface area (Å²) < 4.78 is 5.15. The molecule has 2 rings (SSSR count). The lowest BCUT2D eigenvalue weighted by atomic mass is 9.97. The summed E-state index contributed by atoms with van der Waals surface area (Å²) in [5.74, 6) is -1.88. The number of ether oxygens (including phenoxy) is 1. The zero-order chi connectivity index (χ0) is 19.3. The molecular weight excluding hydrogens is 360 g/mol. The van der Waals surface area contributed by atoms with Crippen molar-refractivity contribution in [2.24, 2.45) is 5.92 Å². The summed E-state index contributed by atoms with van der Waals surface area (Å²) in [6.45, 7) is 4.23. The van der Waals surface area contributed by atoms with Crippen LogP contribution in [0.1, 0.15) is 30.6 Å². The third-order valence-electron chi connectivity index (χ3n) is 4.53. The Morgan fingerprint density at radius 1 is 1.35 bits per heavy atom. The molecule has 0 spiro atoms. The molecule has 7 nitrogen and oxygen atoms in total. The molecule has 0 bridgehead atoms. The summed E-state index contributed by atoms with van der Waals surface area (Å²) in [7, 11) is 0. The molecule has 1 aromatic rings. The summed E-state index contributed by atoms with van der Waals surface area (Å²) in [4.78, 5) is 38.0. The fraction of sp³-hybridized carbons (Fsp3) is 0.500. The molecule has 0 aromatic heterocycles. The van der Waals surface area contributed by atoms with Crippen molar-refractivity contribution in [1.29, 1.82) is 0 Å². The van der Waals surface area contributed by atoms with Crippen molar-refractivity contribution in [3.63, 3.8) is 0 Å². The summed E-state index contributed by atoms with van der Waals surface area (Å²) in [5, 5.41) is 12.4. The van der Waals surface area contributed by atoms with Crippen molar-refractivity contribution < 1.29 is 24.2 Å². The first-order valence-corrected chi connectivity index (χ1v) is 8.91. The van der Waals surface area contributed by atoms with Crippen molar-refractivity contribution >= 4 is 29.4 Å². The molecule has 1 aromatic carbocycles. The Morgan fingerprint density at radius 3 is 2.58 bits per heavy atom. The van der Waals surface area contributed by atoms with E-state index in [0.29, 0.717) is 23.6 Å². The molecule has 3 unspecified atom stereocenters. The van der Waals surface area contributed by atoms with Crippen LogP contribution in [0.5, 0.6) is 0 Å². The minimum Gasteiger partial charge on any atom is -0.479 e. The third kappa shape index (κ3) is 4.95. The molecular formula is C18H23ClN2O5. The van der Waals surface area contributed by atoms with Crippen LogP contribution in [0, 0.1) is 5.92 Å². The van der Waals surface area contributed by atoms with Gasteiger partial charge in [0, 0.05) is 17.1 Å². The molecule has 1 fully saturated rings. The normalized spacial score (nSPS) is 19.5. The van der Waals surface area contributed by atoms with Gasteiger partial charge < -0.3 is 20.1 Å². The van der Waals surface area contributed by atoms with E-state index in [-0.39, 0.29) is 30.9 Å². The number of carboxylic acids is 1. The molecule has 2 N–H and O–H groups in total. The topological polar surface area (TPSA) is 95.9 Å². The molecule has 0 radical (unpaired) electrons. The maximum atomic E-state index is 12.9. The van der Waals surface area contributed by atoms with Crippen molar-refractivity contribution in [2.45, 2.75) is 32.4 Å². The van der Waals surface area contributed by atoms with Crippen LogP contribution >= 0.6 is 11.6 Å².